The Morgan fingerprint density at radius 3 is 2.47 bits per heavy atom. The molecular weight excluding hydrogens is 466 g/mol. The number of fused-ring (bicyclic) bond motifs is 1. The first-order valence-electron chi connectivity index (χ1n) is 10.9. The number of primary amides is 1. The summed E-state index contributed by atoms with van der Waals surface area (Å²) in [5.41, 5.74) is 5.19. The van der Waals surface area contributed by atoms with Crippen LogP contribution in [0, 0.1) is 0 Å². The van der Waals surface area contributed by atoms with Crippen LogP contribution < -0.4 is 21.3 Å². The van der Waals surface area contributed by atoms with E-state index < -0.39 is 29.8 Å². The number of carbonyl (C=O) groups excluding carboxylic acids is 3. The van der Waals surface area contributed by atoms with Crippen LogP contribution in [0.3, 0.4) is 0 Å². The molecule has 0 saturated carbocycles. The van der Waals surface area contributed by atoms with Crippen LogP contribution in [0.1, 0.15) is 16.2 Å². The number of aromatic nitrogens is 2. The molecule has 0 aliphatic heterocycles. The highest BCUT2D eigenvalue weighted by atomic mass is 16.5. The number of rotatable bonds is 9. The van der Waals surface area contributed by atoms with Crippen LogP contribution in [0.5, 0.6) is 5.75 Å². The molecule has 2 aromatic heterocycles. The maximum Gasteiger partial charge on any atom is 0.275 e. The van der Waals surface area contributed by atoms with Gasteiger partial charge in [0.25, 0.3) is 11.5 Å². The van der Waals surface area contributed by atoms with Crippen LogP contribution >= 0.6 is 0 Å². The minimum absolute atomic E-state index is 0.0316. The molecule has 11 nitrogen and oxygen atoms in total. The minimum atomic E-state index is -0.837. The molecule has 0 saturated heterocycles. The molecule has 0 unspecified atom stereocenters. The van der Waals surface area contributed by atoms with Crippen LogP contribution in [0.15, 0.2) is 76.1 Å². The molecular formula is C25H23N5O6. The van der Waals surface area contributed by atoms with Gasteiger partial charge in [0.15, 0.2) is 5.69 Å². The van der Waals surface area contributed by atoms with E-state index in [0.717, 1.165) is 4.68 Å². The Hall–Kier alpha value is -4.93. The predicted molar refractivity (Wildman–Crippen MR) is 130 cm³/mol. The lowest BCUT2D eigenvalue weighted by molar-refractivity contribution is -0.136. The number of methoxy groups -OCH3 is 1. The van der Waals surface area contributed by atoms with Crippen molar-refractivity contribution in [3.63, 3.8) is 0 Å². The zero-order chi connectivity index (χ0) is 25.7. The third-order valence-electron chi connectivity index (χ3n) is 5.38. The Labute approximate surface area is 205 Å². The maximum absolute atomic E-state index is 13.3. The molecule has 4 aromatic rings. The number of carbonyl (C=O) groups is 3. The van der Waals surface area contributed by atoms with Crippen molar-refractivity contribution >= 4 is 34.2 Å². The Kier molecular flexibility index (Phi) is 7.10. The molecule has 0 radical (unpaired) electrons. The Balaban J connectivity index is 1.61. The SMILES string of the molecule is COc1ccccc1NC(=O)CN(Cc1ccco1)C(=O)Cn1nc(C(N)=O)c2ccccc2c1=O. The summed E-state index contributed by atoms with van der Waals surface area (Å²) in [6, 6.07) is 16.5. The van der Waals surface area contributed by atoms with Crippen LogP contribution in [-0.2, 0) is 22.7 Å². The summed E-state index contributed by atoms with van der Waals surface area (Å²) in [5, 5.41) is 7.24. The lowest BCUT2D eigenvalue weighted by Gasteiger charge is -2.22. The van der Waals surface area contributed by atoms with Gasteiger partial charge in [-0.25, -0.2) is 4.68 Å². The van der Waals surface area contributed by atoms with Gasteiger partial charge in [-0.05, 0) is 30.3 Å². The molecule has 0 atom stereocenters. The second-order valence-corrected chi connectivity index (χ2v) is 7.80. The van der Waals surface area contributed by atoms with Gasteiger partial charge in [0.05, 0.1) is 31.0 Å². The topological polar surface area (TPSA) is 150 Å². The number of hydrogen-bond donors (Lipinski definition) is 2. The fourth-order valence-electron chi connectivity index (χ4n) is 3.69. The van der Waals surface area contributed by atoms with E-state index in [1.807, 2.05) is 0 Å². The van der Waals surface area contributed by atoms with E-state index in [1.54, 1.807) is 54.6 Å². The quantitative estimate of drug-likeness (QED) is 0.364. The predicted octanol–water partition coefficient (Wildman–Crippen LogP) is 1.76. The molecule has 2 aromatic carbocycles. The molecule has 36 heavy (non-hydrogen) atoms. The third-order valence-corrected chi connectivity index (χ3v) is 5.38. The van der Waals surface area contributed by atoms with E-state index in [1.165, 1.54) is 24.3 Å². The van der Waals surface area contributed by atoms with Crippen LogP contribution in [0.2, 0.25) is 0 Å². The Morgan fingerprint density at radius 1 is 1.06 bits per heavy atom. The van der Waals surface area contributed by atoms with Gasteiger partial charge in [-0.3, -0.25) is 19.2 Å². The van der Waals surface area contributed by atoms with Gasteiger partial charge in [-0.15, -0.1) is 0 Å². The number of benzene rings is 2. The average molecular weight is 489 g/mol. The van der Waals surface area contributed by atoms with Gasteiger partial charge in [0.2, 0.25) is 11.8 Å². The molecule has 3 amide bonds. The standard InChI is InChI=1S/C25H23N5O6/c1-35-20-11-5-4-10-19(20)27-21(31)14-29(13-16-7-6-12-36-16)22(32)15-30-25(34)18-9-3-2-8-17(18)23(28-30)24(26)33/h2-12H,13-15H2,1H3,(H2,26,33)(H,27,31). The number of amides is 3. The molecule has 2 heterocycles. The van der Waals surface area contributed by atoms with Crippen LogP contribution in [-0.4, -0.2) is 46.1 Å². The molecule has 4 rings (SSSR count). The monoisotopic (exact) mass is 489 g/mol. The summed E-state index contributed by atoms with van der Waals surface area (Å²) >= 11 is 0. The molecule has 3 N–H and O–H groups in total. The van der Waals surface area contributed by atoms with Crippen molar-refractivity contribution in [2.24, 2.45) is 5.73 Å². The summed E-state index contributed by atoms with van der Waals surface area (Å²) in [6.07, 6.45) is 1.45. The highest BCUT2D eigenvalue weighted by Crippen LogP contribution is 2.23. The fraction of sp³-hybridized carbons (Fsp3) is 0.160. The number of ether oxygens (including phenoxy) is 1. The zero-order valence-electron chi connectivity index (χ0n) is 19.3. The molecule has 0 bridgehead atoms. The lowest BCUT2D eigenvalue weighted by atomic mass is 10.1. The third kappa shape index (κ3) is 5.25. The summed E-state index contributed by atoms with van der Waals surface area (Å²) in [7, 11) is 1.48. The molecule has 0 spiro atoms. The average Bonchev–Trinajstić information content (AvgIpc) is 3.38. The fourth-order valence-corrected chi connectivity index (χ4v) is 3.69. The molecule has 0 aliphatic rings. The van der Waals surface area contributed by atoms with E-state index in [0.29, 0.717) is 22.6 Å². The number of nitrogens with one attached hydrogen (secondary N) is 1. The van der Waals surface area contributed by atoms with E-state index in [9.17, 15) is 19.2 Å². The number of anilines is 1. The van der Waals surface area contributed by atoms with E-state index in [2.05, 4.69) is 10.4 Å². The van der Waals surface area contributed by atoms with E-state index in [-0.39, 0.29) is 24.2 Å². The van der Waals surface area contributed by atoms with Gasteiger partial charge in [0.1, 0.15) is 24.6 Å². The largest absolute Gasteiger partial charge is 0.495 e. The van der Waals surface area contributed by atoms with Crippen molar-refractivity contribution < 1.29 is 23.5 Å². The number of furan rings is 1. The zero-order valence-corrected chi connectivity index (χ0v) is 19.3. The first kappa shape index (κ1) is 24.2. The Bertz CT molecular complexity index is 1480. The lowest BCUT2D eigenvalue weighted by Crippen LogP contribution is -2.41. The van der Waals surface area contributed by atoms with Crippen molar-refractivity contribution in [2.75, 3.05) is 19.0 Å². The molecule has 11 heteroatoms. The number of nitrogens with zero attached hydrogens (tertiary/aromatic N) is 3. The van der Waals surface area contributed by atoms with Crippen LogP contribution in [0.25, 0.3) is 10.8 Å². The summed E-state index contributed by atoms with van der Waals surface area (Å²) in [5.74, 6) is -1.03. The second kappa shape index (κ2) is 10.6. The summed E-state index contributed by atoms with van der Waals surface area (Å²) in [4.78, 5) is 52.3. The Morgan fingerprint density at radius 2 is 1.78 bits per heavy atom. The maximum atomic E-state index is 13.3. The first-order chi connectivity index (χ1) is 17.4. The van der Waals surface area contributed by atoms with Crippen molar-refractivity contribution in [1.29, 1.82) is 0 Å². The molecule has 0 aliphatic carbocycles. The van der Waals surface area contributed by atoms with E-state index in [4.69, 9.17) is 14.9 Å². The second-order valence-electron chi connectivity index (χ2n) is 7.80. The van der Waals surface area contributed by atoms with Gasteiger partial charge in [-0.2, -0.15) is 5.10 Å². The smallest absolute Gasteiger partial charge is 0.275 e. The number of hydrogen-bond acceptors (Lipinski definition) is 7. The number of para-hydroxylation sites is 2. The summed E-state index contributed by atoms with van der Waals surface area (Å²) < 4.78 is 11.5. The highest BCUT2D eigenvalue weighted by Gasteiger charge is 2.22. The van der Waals surface area contributed by atoms with Crippen molar-refractivity contribution in [3.05, 3.63) is 88.7 Å². The minimum Gasteiger partial charge on any atom is -0.495 e. The van der Waals surface area contributed by atoms with Crippen molar-refractivity contribution in [2.45, 2.75) is 13.1 Å². The van der Waals surface area contributed by atoms with Gasteiger partial charge in [-0.1, -0.05) is 30.3 Å². The van der Waals surface area contributed by atoms with Gasteiger partial charge >= 0.3 is 0 Å². The van der Waals surface area contributed by atoms with Crippen molar-refractivity contribution in [1.82, 2.24) is 14.7 Å². The van der Waals surface area contributed by atoms with Crippen LogP contribution in [0.4, 0.5) is 5.69 Å². The first-order valence-corrected chi connectivity index (χ1v) is 10.9. The van der Waals surface area contributed by atoms with Gasteiger partial charge < -0.3 is 25.1 Å². The molecule has 0 fully saturated rings. The van der Waals surface area contributed by atoms with Crippen molar-refractivity contribution in [3.8, 4) is 5.75 Å². The number of nitrogens with two attached hydrogens (primary N) is 1. The molecule has 184 valence electrons. The van der Waals surface area contributed by atoms with E-state index >= 15 is 0 Å². The summed E-state index contributed by atoms with van der Waals surface area (Å²) in [6.45, 7) is -0.897. The normalized spacial score (nSPS) is 10.7. The highest BCUT2D eigenvalue weighted by molar-refractivity contribution is 6.04. The van der Waals surface area contributed by atoms with Gasteiger partial charge in [0, 0.05) is 5.39 Å².